The lowest BCUT2D eigenvalue weighted by molar-refractivity contribution is 0.0155. The van der Waals surface area contributed by atoms with E-state index in [1.807, 2.05) is 22.4 Å². The van der Waals surface area contributed by atoms with Gasteiger partial charge in [0.1, 0.15) is 11.4 Å². The van der Waals surface area contributed by atoms with Crippen molar-refractivity contribution in [2.45, 2.75) is 24.8 Å². The lowest BCUT2D eigenvalue weighted by Crippen LogP contribution is -2.45. The Balaban J connectivity index is 1.25. The molecule has 0 bridgehead atoms. The second-order valence-electron chi connectivity index (χ2n) is 9.36. The molecule has 0 radical (unpaired) electrons. The zero-order chi connectivity index (χ0) is 27.0. The molecule has 2 aliphatic heterocycles. The van der Waals surface area contributed by atoms with E-state index < -0.39 is 30.2 Å². The van der Waals surface area contributed by atoms with E-state index in [4.69, 9.17) is 0 Å². The van der Waals surface area contributed by atoms with E-state index in [2.05, 4.69) is 31.1 Å². The molecule has 11 nitrogen and oxygen atoms in total. The summed E-state index contributed by atoms with van der Waals surface area (Å²) < 4.78 is 28.3. The van der Waals surface area contributed by atoms with Crippen LogP contribution in [0.4, 0.5) is 14.5 Å². The minimum atomic E-state index is -2.94. The first-order valence-electron chi connectivity index (χ1n) is 12.5. The fraction of sp³-hybridized carbons (Fsp3) is 0.269. The smallest absolute Gasteiger partial charge is 0.274 e. The molecule has 0 spiro atoms. The van der Waals surface area contributed by atoms with E-state index >= 15 is 0 Å². The average molecular weight is 534 g/mol. The van der Waals surface area contributed by atoms with Gasteiger partial charge in [-0.2, -0.15) is 10.2 Å². The highest BCUT2D eigenvalue weighted by atomic mass is 19.3. The first-order chi connectivity index (χ1) is 18.9. The maximum Gasteiger partial charge on any atom is 0.274 e. The Kier molecular flexibility index (Phi) is 6.37. The van der Waals surface area contributed by atoms with Gasteiger partial charge >= 0.3 is 0 Å². The van der Waals surface area contributed by atoms with Crippen LogP contribution in [0.3, 0.4) is 0 Å². The lowest BCUT2D eigenvalue weighted by atomic mass is 10.2. The van der Waals surface area contributed by atoms with E-state index in [-0.39, 0.29) is 17.1 Å². The van der Waals surface area contributed by atoms with E-state index in [0.29, 0.717) is 23.6 Å². The van der Waals surface area contributed by atoms with Gasteiger partial charge in [0.15, 0.2) is 5.69 Å². The Morgan fingerprint density at radius 2 is 1.90 bits per heavy atom. The minimum absolute atomic E-state index is 0.0682. The SMILES string of the molecule is O=C(Nc1cn(-c2ccccc2)nc1C(=O)NC1CC1(F)F)c1cccc(C2=CN(N3CCCN3)CC=N2)n1. The van der Waals surface area contributed by atoms with E-state index in [0.717, 1.165) is 19.5 Å². The number of alkyl halides is 2. The monoisotopic (exact) mass is 533 g/mol. The number of rotatable bonds is 7. The van der Waals surface area contributed by atoms with Crippen molar-refractivity contribution in [3.63, 3.8) is 0 Å². The number of amides is 2. The number of carbonyl (C=O) groups is 2. The van der Waals surface area contributed by atoms with Gasteiger partial charge in [-0.05, 0) is 30.7 Å². The molecular formula is C26H25F2N9O2. The molecule has 1 saturated carbocycles. The predicted molar refractivity (Wildman–Crippen MR) is 139 cm³/mol. The average Bonchev–Trinajstić information content (AvgIpc) is 3.36. The highest BCUT2D eigenvalue weighted by Gasteiger charge is 2.58. The number of hydrogen-bond donors (Lipinski definition) is 3. The Bertz CT molecular complexity index is 1470. The number of aliphatic imine (C=N–C) groups is 1. The summed E-state index contributed by atoms with van der Waals surface area (Å²) in [5.74, 6) is -4.34. The van der Waals surface area contributed by atoms with Crippen molar-refractivity contribution < 1.29 is 18.4 Å². The van der Waals surface area contributed by atoms with Gasteiger partial charge in [-0.1, -0.05) is 24.3 Å². The van der Waals surface area contributed by atoms with E-state index in [1.54, 1.807) is 42.6 Å². The Labute approximate surface area is 222 Å². The number of nitrogens with zero attached hydrogens (tertiary/aromatic N) is 6. The second-order valence-corrected chi connectivity index (χ2v) is 9.36. The quantitative estimate of drug-likeness (QED) is 0.427. The number of carbonyl (C=O) groups excluding carboxylic acids is 2. The Morgan fingerprint density at radius 1 is 1.08 bits per heavy atom. The number of pyridine rings is 1. The molecule has 3 aliphatic rings. The highest BCUT2D eigenvalue weighted by Crippen LogP contribution is 2.41. The van der Waals surface area contributed by atoms with Crippen LogP contribution in [0, 0.1) is 0 Å². The first-order valence-corrected chi connectivity index (χ1v) is 12.5. The van der Waals surface area contributed by atoms with Crippen molar-refractivity contribution in [2.75, 3.05) is 25.0 Å². The highest BCUT2D eigenvalue weighted by molar-refractivity contribution is 6.07. The molecule has 4 heterocycles. The predicted octanol–water partition coefficient (Wildman–Crippen LogP) is 2.47. The maximum absolute atomic E-state index is 13.4. The summed E-state index contributed by atoms with van der Waals surface area (Å²) in [6.45, 7) is 2.38. The van der Waals surface area contributed by atoms with Crippen molar-refractivity contribution in [3.05, 3.63) is 78.0 Å². The largest absolute Gasteiger partial charge is 0.342 e. The van der Waals surface area contributed by atoms with Crippen molar-refractivity contribution in [1.82, 2.24) is 35.6 Å². The van der Waals surface area contributed by atoms with Gasteiger partial charge < -0.3 is 10.6 Å². The third-order valence-electron chi connectivity index (χ3n) is 6.50. The number of aromatic nitrogens is 3. The van der Waals surface area contributed by atoms with Gasteiger partial charge in [0.05, 0.1) is 35.9 Å². The number of benzene rings is 1. The van der Waals surface area contributed by atoms with Crippen LogP contribution in [0.25, 0.3) is 11.4 Å². The number of hydrogen-bond acceptors (Lipinski definition) is 8. The summed E-state index contributed by atoms with van der Waals surface area (Å²) in [6.07, 6.45) is 5.71. The Hall–Kier alpha value is -4.49. The van der Waals surface area contributed by atoms with Gasteiger partial charge in [-0.25, -0.2) is 23.9 Å². The molecule has 2 fully saturated rings. The number of nitrogens with one attached hydrogen (secondary N) is 3. The summed E-state index contributed by atoms with van der Waals surface area (Å²) in [5.41, 5.74) is 4.98. The summed E-state index contributed by atoms with van der Waals surface area (Å²) in [6, 6.07) is 12.7. The molecule has 13 heteroatoms. The molecule has 2 amide bonds. The second kappa shape index (κ2) is 10.0. The molecule has 1 atom stereocenters. The minimum Gasteiger partial charge on any atom is -0.342 e. The summed E-state index contributed by atoms with van der Waals surface area (Å²) in [4.78, 5) is 35.0. The van der Waals surface area contributed by atoms with Crippen LogP contribution in [0.5, 0.6) is 0 Å². The van der Waals surface area contributed by atoms with E-state index in [9.17, 15) is 18.4 Å². The fourth-order valence-corrected chi connectivity index (χ4v) is 4.32. The van der Waals surface area contributed by atoms with Crippen LogP contribution in [0.1, 0.15) is 39.5 Å². The van der Waals surface area contributed by atoms with Crippen molar-refractivity contribution in [1.29, 1.82) is 0 Å². The Morgan fingerprint density at radius 3 is 2.64 bits per heavy atom. The van der Waals surface area contributed by atoms with E-state index in [1.165, 1.54) is 16.9 Å². The van der Waals surface area contributed by atoms with Crippen LogP contribution >= 0.6 is 0 Å². The zero-order valence-corrected chi connectivity index (χ0v) is 20.7. The molecule has 1 unspecified atom stereocenters. The van der Waals surface area contributed by atoms with Crippen LogP contribution < -0.4 is 16.1 Å². The van der Waals surface area contributed by atoms with Gasteiger partial charge in [0, 0.05) is 31.9 Å². The van der Waals surface area contributed by atoms with Crippen molar-refractivity contribution in [2.24, 2.45) is 4.99 Å². The molecule has 3 aromatic rings. The molecule has 3 N–H and O–H groups in total. The summed E-state index contributed by atoms with van der Waals surface area (Å²) >= 11 is 0. The molecule has 1 aromatic carbocycles. The molecule has 1 saturated heterocycles. The van der Waals surface area contributed by atoms with Gasteiger partial charge in [0.25, 0.3) is 17.7 Å². The molecule has 1 aliphatic carbocycles. The number of anilines is 1. The number of hydrazine groups is 2. The fourth-order valence-electron chi connectivity index (χ4n) is 4.32. The number of halogens is 2. The molecule has 2 aromatic heterocycles. The van der Waals surface area contributed by atoms with Gasteiger partial charge in [-0.15, -0.1) is 0 Å². The summed E-state index contributed by atoms with van der Waals surface area (Å²) in [5, 5.41) is 13.2. The molecule has 39 heavy (non-hydrogen) atoms. The lowest BCUT2D eigenvalue weighted by Gasteiger charge is -2.31. The van der Waals surface area contributed by atoms with Crippen LogP contribution in [-0.2, 0) is 0 Å². The third-order valence-corrected chi connectivity index (χ3v) is 6.50. The van der Waals surface area contributed by atoms with Crippen molar-refractivity contribution in [3.8, 4) is 5.69 Å². The van der Waals surface area contributed by atoms with Crippen molar-refractivity contribution >= 4 is 29.4 Å². The summed E-state index contributed by atoms with van der Waals surface area (Å²) in [7, 11) is 0. The zero-order valence-electron chi connectivity index (χ0n) is 20.7. The van der Waals surface area contributed by atoms with Gasteiger partial charge in [-0.3, -0.25) is 19.6 Å². The van der Waals surface area contributed by atoms with Crippen LogP contribution in [0.15, 0.2) is 65.9 Å². The maximum atomic E-state index is 13.4. The molecular weight excluding hydrogens is 508 g/mol. The molecule has 6 rings (SSSR count). The van der Waals surface area contributed by atoms with Gasteiger partial charge in [0.2, 0.25) is 0 Å². The first kappa shape index (κ1) is 24.8. The van der Waals surface area contributed by atoms with Crippen LogP contribution in [0.2, 0.25) is 0 Å². The normalized spacial score (nSPS) is 20.0. The molecule has 200 valence electrons. The topological polar surface area (TPSA) is 120 Å². The van der Waals surface area contributed by atoms with Crippen LogP contribution in [-0.4, -0.2) is 74.5 Å². The third kappa shape index (κ3) is 5.26. The standard InChI is InChI=1S/C26H25F2N9O2/c27-26(28)14-22(26)33-25(39)23-21(16-36(34-23)17-6-2-1-3-7-17)32-24(38)19-9-4-8-18(31-19)20-15-35(13-11-29-20)37-12-5-10-30-37/h1-4,6-9,11,15-16,22,30H,5,10,12-14H2,(H,32,38)(H,33,39). The number of para-hydroxylation sites is 1.